The zero-order valence-electron chi connectivity index (χ0n) is 16.7. The van der Waals surface area contributed by atoms with Crippen LogP contribution in [0.25, 0.3) is 0 Å². The lowest BCUT2D eigenvalue weighted by Crippen LogP contribution is -2.17. The normalized spacial score (nSPS) is 11.7. The molecule has 0 aliphatic heterocycles. The Kier molecular flexibility index (Phi) is 7.10. The standard InChI is InChI=1S/C22H17F6NO4/c23-21(24,25)32-17-6-1-14(2-7-17)12-30-19-10-5-16(29)11-20(19)31-13-15-3-8-18(9-4-15)33-22(26,27)28/h1-11H,12-13,29H2. The van der Waals surface area contributed by atoms with Gasteiger partial charge in [-0.05, 0) is 47.5 Å². The minimum atomic E-state index is -4.78. The van der Waals surface area contributed by atoms with E-state index in [4.69, 9.17) is 15.2 Å². The molecule has 0 radical (unpaired) electrons. The molecule has 0 atom stereocenters. The summed E-state index contributed by atoms with van der Waals surface area (Å²) in [5.74, 6) is -0.111. The number of nitrogen functional groups attached to an aromatic ring is 1. The predicted octanol–water partition coefficient (Wildman–Crippen LogP) is 6.22. The largest absolute Gasteiger partial charge is 0.573 e. The molecule has 3 aromatic rings. The van der Waals surface area contributed by atoms with Crippen LogP contribution in [0.4, 0.5) is 32.0 Å². The first kappa shape index (κ1) is 23.9. The molecule has 3 aromatic carbocycles. The van der Waals surface area contributed by atoms with Gasteiger partial charge >= 0.3 is 12.7 Å². The number of ether oxygens (including phenoxy) is 4. The van der Waals surface area contributed by atoms with Crippen LogP contribution in [0.2, 0.25) is 0 Å². The molecule has 3 rings (SSSR count). The molecule has 0 bridgehead atoms. The van der Waals surface area contributed by atoms with E-state index in [1.807, 2.05) is 0 Å². The minimum absolute atomic E-state index is 0.00951. The SMILES string of the molecule is Nc1ccc(OCc2ccc(OC(F)(F)F)cc2)c(OCc2ccc(OC(F)(F)F)cc2)c1. The van der Waals surface area contributed by atoms with Gasteiger partial charge in [-0.25, -0.2) is 0 Å². The lowest BCUT2D eigenvalue weighted by molar-refractivity contribution is -0.275. The maximum atomic E-state index is 12.2. The van der Waals surface area contributed by atoms with Crippen molar-refractivity contribution in [1.82, 2.24) is 0 Å². The lowest BCUT2D eigenvalue weighted by Gasteiger charge is -2.14. The Morgan fingerprint density at radius 1 is 0.576 bits per heavy atom. The van der Waals surface area contributed by atoms with Crippen molar-refractivity contribution in [3.05, 3.63) is 77.9 Å². The lowest BCUT2D eigenvalue weighted by atomic mass is 10.2. The van der Waals surface area contributed by atoms with E-state index in [2.05, 4.69) is 9.47 Å². The number of halogens is 6. The van der Waals surface area contributed by atoms with Crippen molar-refractivity contribution in [2.75, 3.05) is 5.73 Å². The molecule has 0 amide bonds. The van der Waals surface area contributed by atoms with Crippen molar-refractivity contribution in [2.24, 2.45) is 0 Å². The maximum absolute atomic E-state index is 12.2. The van der Waals surface area contributed by atoms with Gasteiger partial charge in [0, 0.05) is 11.8 Å². The van der Waals surface area contributed by atoms with E-state index >= 15 is 0 Å². The van der Waals surface area contributed by atoms with Gasteiger partial charge in [-0.15, -0.1) is 26.3 Å². The number of anilines is 1. The summed E-state index contributed by atoms with van der Waals surface area (Å²) in [5.41, 5.74) is 7.32. The molecule has 176 valence electrons. The van der Waals surface area contributed by atoms with E-state index in [9.17, 15) is 26.3 Å². The highest BCUT2D eigenvalue weighted by molar-refractivity contribution is 5.52. The summed E-state index contributed by atoms with van der Waals surface area (Å²) in [4.78, 5) is 0. The second kappa shape index (κ2) is 9.80. The first-order valence-corrected chi connectivity index (χ1v) is 9.31. The molecule has 0 aromatic heterocycles. The molecule has 0 saturated heterocycles. The summed E-state index contributed by atoms with van der Waals surface area (Å²) in [5, 5.41) is 0. The summed E-state index contributed by atoms with van der Waals surface area (Å²) in [7, 11) is 0. The Bertz CT molecular complexity index is 1050. The van der Waals surface area contributed by atoms with Gasteiger partial charge < -0.3 is 24.7 Å². The fraction of sp³-hybridized carbons (Fsp3) is 0.182. The molecule has 2 N–H and O–H groups in total. The molecule has 5 nitrogen and oxygen atoms in total. The van der Waals surface area contributed by atoms with Crippen LogP contribution in [0.3, 0.4) is 0 Å². The zero-order chi connectivity index (χ0) is 24.1. The summed E-state index contributed by atoms with van der Waals surface area (Å²) >= 11 is 0. The van der Waals surface area contributed by atoms with Crippen LogP contribution < -0.4 is 24.7 Å². The molecule has 33 heavy (non-hydrogen) atoms. The Morgan fingerprint density at radius 3 is 1.42 bits per heavy atom. The monoisotopic (exact) mass is 473 g/mol. The van der Waals surface area contributed by atoms with Crippen molar-refractivity contribution in [3.8, 4) is 23.0 Å². The van der Waals surface area contributed by atoms with Crippen molar-refractivity contribution in [1.29, 1.82) is 0 Å². The van der Waals surface area contributed by atoms with E-state index in [-0.39, 0.29) is 30.5 Å². The molecule has 0 saturated carbocycles. The van der Waals surface area contributed by atoms with Crippen LogP contribution in [0.5, 0.6) is 23.0 Å². The van der Waals surface area contributed by atoms with Crippen molar-refractivity contribution in [2.45, 2.75) is 25.9 Å². The fourth-order valence-electron chi connectivity index (χ4n) is 2.65. The van der Waals surface area contributed by atoms with Crippen LogP contribution in [0, 0.1) is 0 Å². The Hall–Kier alpha value is -3.76. The number of nitrogens with two attached hydrogens (primary N) is 1. The average Bonchev–Trinajstić information content (AvgIpc) is 2.71. The quantitative estimate of drug-likeness (QED) is 0.311. The second-order valence-corrected chi connectivity index (χ2v) is 6.67. The molecule has 11 heteroatoms. The van der Waals surface area contributed by atoms with Crippen molar-refractivity contribution in [3.63, 3.8) is 0 Å². The maximum Gasteiger partial charge on any atom is 0.573 e. The summed E-state index contributed by atoms with van der Waals surface area (Å²) in [6.45, 7) is 0.0334. The van der Waals surface area contributed by atoms with E-state index in [1.54, 1.807) is 12.1 Å². The fourth-order valence-corrected chi connectivity index (χ4v) is 2.65. The molecule has 0 unspecified atom stereocenters. The molecule has 0 aliphatic rings. The van der Waals surface area contributed by atoms with Crippen LogP contribution in [-0.2, 0) is 13.2 Å². The highest BCUT2D eigenvalue weighted by atomic mass is 19.4. The van der Waals surface area contributed by atoms with E-state index < -0.39 is 12.7 Å². The summed E-state index contributed by atoms with van der Waals surface area (Å²) in [6, 6.07) is 15.0. The van der Waals surface area contributed by atoms with Crippen LogP contribution >= 0.6 is 0 Å². The van der Waals surface area contributed by atoms with Crippen molar-refractivity contribution >= 4 is 5.69 Å². The smallest absolute Gasteiger partial charge is 0.485 e. The van der Waals surface area contributed by atoms with Gasteiger partial charge in [-0.1, -0.05) is 24.3 Å². The van der Waals surface area contributed by atoms with Gasteiger partial charge in [0.25, 0.3) is 0 Å². The Morgan fingerprint density at radius 2 is 1.00 bits per heavy atom. The van der Waals surface area contributed by atoms with Gasteiger partial charge in [-0.3, -0.25) is 0 Å². The van der Waals surface area contributed by atoms with Gasteiger partial charge in [0.2, 0.25) is 0 Å². The molecule has 0 fully saturated rings. The number of benzene rings is 3. The molecule has 0 heterocycles. The van der Waals surface area contributed by atoms with Gasteiger partial charge in [0.1, 0.15) is 24.7 Å². The van der Waals surface area contributed by atoms with Gasteiger partial charge in [0.05, 0.1) is 0 Å². The molecular weight excluding hydrogens is 456 g/mol. The number of alkyl halides is 6. The third kappa shape index (κ3) is 8.02. The number of hydrogen-bond acceptors (Lipinski definition) is 5. The minimum Gasteiger partial charge on any atom is -0.485 e. The predicted molar refractivity (Wildman–Crippen MR) is 106 cm³/mol. The Balaban J connectivity index is 1.61. The second-order valence-electron chi connectivity index (χ2n) is 6.67. The van der Waals surface area contributed by atoms with E-state index in [1.165, 1.54) is 42.5 Å². The zero-order valence-corrected chi connectivity index (χ0v) is 16.7. The third-order valence-corrected chi connectivity index (χ3v) is 4.07. The van der Waals surface area contributed by atoms with Crippen molar-refractivity contribution < 1.29 is 45.3 Å². The first-order chi connectivity index (χ1) is 15.5. The van der Waals surface area contributed by atoms with E-state index in [0.29, 0.717) is 22.6 Å². The molecular formula is C22H17F6NO4. The summed E-state index contributed by atoms with van der Waals surface area (Å²) in [6.07, 6.45) is -9.56. The van der Waals surface area contributed by atoms with Gasteiger partial charge in [-0.2, -0.15) is 0 Å². The number of rotatable bonds is 8. The molecule has 0 aliphatic carbocycles. The van der Waals surface area contributed by atoms with Crippen LogP contribution in [0.1, 0.15) is 11.1 Å². The highest BCUT2D eigenvalue weighted by Crippen LogP contribution is 2.32. The summed E-state index contributed by atoms with van der Waals surface area (Å²) < 4.78 is 92.5. The van der Waals surface area contributed by atoms with Gasteiger partial charge in [0.15, 0.2) is 11.5 Å². The first-order valence-electron chi connectivity index (χ1n) is 9.31. The third-order valence-electron chi connectivity index (χ3n) is 4.07. The molecule has 0 spiro atoms. The van der Waals surface area contributed by atoms with E-state index in [0.717, 1.165) is 12.1 Å². The average molecular weight is 473 g/mol. The highest BCUT2D eigenvalue weighted by Gasteiger charge is 2.31. The number of hydrogen-bond donors (Lipinski definition) is 1. The Labute approximate surface area is 184 Å². The van der Waals surface area contributed by atoms with Crippen LogP contribution in [-0.4, -0.2) is 12.7 Å². The topological polar surface area (TPSA) is 62.9 Å². The van der Waals surface area contributed by atoms with Crippen LogP contribution in [0.15, 0.2) is 66.7 Å².